The molecule has 1 N–H and O–H groups in total. The first-order chi connectivity index (χ1) is 31.2. The summed E-state index contributed by atoms with van der Waals surface area (Å²) in [5.74, 6) is 0.936. The number of esters is 2. The van der Waals surface area contributed by atoms with Crippen LogP contribution in [0.4, 0.5) is 0 Å². The molecule has 0 aromatic rings. The van der Waals surface area contributed by atoms with Crippen LogP contribution in [0.15, 0.2) is 0 Å². The average Bonchev–Trinajstić information content (AvgIpc) is 3.29. The molecular formula is C55H107N3O6. The normalized spacial score (nSPS) is 12.9. The maximum Gasteiger partial charge on any atom is 0.305 e. The molecule has 0 spiro atoms. The molecule has 3 unspecified atom stereocenters. The van der Waals surface area contributed by atoms with Crippen molar-refractivity contribution in [3.05, 3.63) is 0 Å². The fourth-order valence-corrected chi connectivity index (χ4v) is 9.03. The lowest BCUT2D eigenvalue weighted by molar-refractivity contribution is -0.146. The minimum Gasteiger partial charge on any atom is -0.465 e. The molecule has 2 amide bonds. The van der Waals surface area contributed by atoms with Gasteiger partial charge in [0.25, 0.3) is 0 Å². The summed E-state index contributed by atoms with van der Waals surface area (Å²) < 4.78 is 11.4. The van der Waals surface area contributed by atoms with Gasteiger partial charge < -0.3 is 24.6 Å². The number of carbonyl (C=O) groups excluding carboxylic acids is 4. The van der Waals surface area contributed by atoms with Crippen LogP contribution in [-0.2, 0) is 28.7 Å². The van der Waals surface area contributed by atoms with Gasteiger partial charge in [0.2, 0.25) is 11.8 Å². The second-order valence-electron chi connectivity index (χ2n) is 19.1. The van der Waals surface area contributed by atoms with Gasteiger partial charge in [0.1, 0.15) is 6.04 Å². The zero-order valence-electron chi connectivity index (χ0n) is 43.6. The molecule has 0 saturated heterocycles. The van der Waals surface area contributed by atoms with Gasteiger partial charge in [0.05, 0.1) is 13.2 Å². The van der Waals surface area contributed by atoms with Crippen molar-refractivity contribution < 1.29 is 28.7 Å². The Kier molecular flexibility index (Phi) is 44.4. The fraction of sp³-hybridized carbons (Fsp3) is 0.927. The molecule has 9 nitrogen and oxygen atoms in total. The van der Waals surface area contributed by atoms with Crippen LogP contribution in [0.5, 0.6) is 0 Å². The van der Waals surface area contributed by atoms with Gasteiger partial charge in [-0.25, -0.2) is 0 Å². The Bertz CT molecular complexity index is 1080. The largest absolute Gasteiger partial charge is 0.465 e. The Labute approximate surface area is 396 Å². The third-order valence-electron chi connectivity index (χ3n) is 13.3. The van der Waals surface area contributed by atoms with Gasteiger partial charge >= 0.3 is 11.9 Å². The van der Waals surface area contributed by atoms with Gasteiger partial charge in [-0.15, -0.1) is 0 Å². The predicted octanol–water partition coefficient (Wildman–Crippen LogP) is 14.3. The standard InChI is InChI=1S/C55H107N3O6/c1-8-15-18-19-27-34-44-56-55(62)51(40-30-23-20-21-25-32-42-53(60)63-47-49(36-11-4)38-28-16-9-2)58(46-35-45-57(13-6)14-7)52(59)41-31-24-22-26-33-43-54(61)64-48-50(37-12-5)39-29-17-10-3/h49-51H,8-48H2,1-7H3,(H,56,62). The Balaban J connectivity index is 5.22. The van der Waals surface area contributed by atoms with E-state index in [4.69, 9.17) is 9.47 Å². The lowest BCUT2D eigenvalue weighted by atomic mass is 9.97. The van der Waals surface area contributed by atoms with E-state index in [0.717, 1.165) is 148 Å². The number of hydrogen-bond donors (Lipinski definition) is 1. The highest BCUT2D eigenvalue weighted by molar-refractivity contribution is 5.87. The van der Waals surface area contributed by atoms with Crippen molar-refractivity contribution in [2.24, 2.45) is 11.8 Å². The van der Waals surface area contributed by atoms with Crippen LogP contribution in [-0.4, -0.2) is 85.5 Å². The molecule has 378 valence electrons. The zero-order chi connectivity index (χ0) is 47.3. The van der Waals surface area contributed by atoms with Gasteiger partial charge in [-0.1, -0.05) is 183 Å². The molecular weight excluding hydrogens is 799 g/mol. The van der Waals surface area contributed by atoms with E-state index in [-0.39, 0.29) is 23.8 Å². The molecule has 0 radical (unpaired) electrons. The third kappa shape index (κ3) is 36.0. The number of nitrogens with zero attached hydrogens (tertiary/aromatic N) is 2. The van der Waals surface area contributed by atoms with Gasteiger partial charge in [0, 0.05) is 32.4 Å². The number of amides is 2. The van der Waals surface area contributed by atoms with Crippen LogP contribution < -0.4 is 5.32 Å². The lowest BCUT2D eigenvalue weighted by Crippen LogP contribution is -2.50. The molecule has 0 aromatic carbocycles. The summed E-state index contributed by atoms with van der Waals surface area (Å²) in [6, 6.07) is -0.452. The first kappa shape index (κ1) is 61.8. The topological polar surface area (TPSA) is 105 Å². The summed E-state index contributed by atoms with van der Waals surface area (Å²) >= 11 is 0. The molecule has 64 heavy (non-hydrogen) atoms. The van der Waals surface area contributed by atoms with E-state index in [2.05, 4.69) is 58.7 Å². The smallest absolute Gasteiger partial charge is 0.305 e. The molecule has 0 heterocycles. The molecule has 0 bridgehead atoms. The minimum absolute atomic E-state index is 0.00339. The maximum atomic E-state index is 14.1. The summed E-state index contributed by atoms with van der Waals surface area (Å²) in [5.41, 5.74) is 0. The van der Waals surface area contributed by atoms with E-state index in [9.17, 15) is 19.2 Å². The monoisotopic (exact) mass is 906 g/mol. The molecule has 0 rings (SSSR count). The molecule has 0 aliphatic rings. The van der Waals surface area contributed by atoms with Crippen molar-refractivity contribution in [2.75, 3.05) is 45.9 Å². The van der Waals surface area contributed by atoms with Crippen LogP contribution in [0.25, 0.3) is 0 Å². The van der Waals surface area contributed by atoms with Crippen molar-refractivity contribution >= 4 is 23.8 Å². The molecule has 0 aliphatic carbocycles. The van der Waals surface area contributed by atoms with Crippen molar-refractivity contribution in [2.45, 2.75) is 273 Å². The number of ether oxygens (including phenoxy) is 2. The number of nitrogens with one attached hydrogen (secondary N) is 1. The molecule has 0 aliphatic heterocycles. The highest BCUT2D eigenvalue weighted by Gasteiger charge is 2.29. The van der Waals surface area contributed by atoms with Crippen LogP contribution in [0, 0.1) is 11.8 Å². The van der Waals surface area contributed by atoms with E-state index in [1.165, 1.54) is 64.2 Å². The van der Waals surface area contributed by atoms with Crippen molar-refractivity contribution in [1.29, 1.82) is 0 Å². The SMILES string of the molecule is CCCCCCCCNC(=O)C(CCCCCCCCC(=O)OCC(CCC)CCCCC)N(CCCN(CC)CC)C(=O)CCCCCCCC(=O)OCC(CCC)CCCCC. The summed E-state index contributed by atoms with van der Waals surface area (Å²) in [5, 5.41) is 3.25. The van der Waals surface area contributed by atoms with E-state index in [0.29, 0.717) is 63.8 Å². The molecule has 9 heteroatoms. The summed E-state index contributed by atoms with van der Waals surface area (Å²) in [4.78, 5) is 57.4. The maximum absolute atomic E-state index is 14.1. The van der Waals surface area contributed by atoms with Crippen LogP contribution in [0.1, 0.15) is 267 Å². The lowest BCUT2D eigenvalue weighted by Gasteiger charge is -2.32. The van der Waals surface area contributed by atoms with Gasteiger partial charge in [-0.3, -0.25) is 19.2 Å². The summed E-state index contributed by atoms with van der Waals surface area (Å²) in [6.45, 7) is 20.7. The molecule has 0 fully saturated rings. The number of rotatable bonds is 48. The second-order valence-corrected chi connectivity index (χ2v) is 19.1. The Morgan fingerprint density at radius 3 is 1.33 bits per heavy atom. The highest BCUT2D eigenvalue weighted by atomic mass is 16.5. The summed E-state index contributed by atoms with van der Waals surface area (Å²) in [7, 11) is 0. The quantitative estimate of drug-likeness (QED) is 0.0479. The average molecular weight is 906 g/mol. The number of hydrogen-bond acceptors (Lipinski definition) is 7. The van der Waals surface area contributed by atoms with Crippen molar-refractivity contribution in [1.82, 2.24) is 15.1 Å². The van der Waals surface area contributed by atoms with E-state index < -0.39 is 6.04 Å². The van der Waals surface area contributed by atoms with E-state index in [1.54, 1.807) is 0 Å². The first-order valence-electron chi connectivity index (χ1n) is 27.8. The highest BCUT2D eigenvalue weighted by Crippen LogP contribution is 2.20. The zero-order valence-corrected chi connectivity index (χ0v) is 43.6. The van der Waals surface area contributed by atoms with Gasteiger partial charge in [0.15, 0.2) is 0 Å². The van der Waals surface area contributed by atoms with Crippen LogP contribution in [0.2, 0.25) is 0 Å². The molecule has 3 atom stereocenters. The molecule has 0 aromatic heterocycles. The van der Waals surface area contributed by atoms with Gasteiger partial charge in [-0.05, 0) is 95.7 Å². The fourth-order valence-electron chi connectivity index (χ4n) is 9.03. The van der Waals surface area contributed by atoms with Crippen molar-refractivity contribution in [3.8, 4) is 0 Å². The van der Waals surface area contributed by atoms with Gasteiger partial charge in [-0.2, -0.15) is 0 Å². The first-order valence-corrected chi connectivity index (χ1v) is 27.8. The van der Waals surface area contributed by atoms with Crippen molar-refractivity contribution in [3.63, 3.8) is 0 Å². The Hall–Kier alpha value is -2.16. The number of carbonyl (C=O) groups is 4. The number of unbranched alkanes of at least 4 members (excludes halogenated alkanes) is 18. The second kappa shape index (κ2) is 46.0. The molecule has 0 saturated carbocycles. The van der Waals surface area contributed by atoms with E-state index >= 15 is 0 Å². The van der Waals surface area contributed by atoms with E-state index in [1.807, 2.05) is 4.90 Å². The Morgan fingerprint density at radius 2 is 0.844 bits per heavy atom. The Morgan fingerprint density at radius 1 is 0.422 bits per heavy atom. The van der Waals surface area contributed by atoms with Crippen LogP contribution >= 0.6 is 0 Å². The van der Waals surface area contributed by atoms with Crippen LogP contribution in [0.3, 0.4) is 0 Å². The third-order valence-corrected chi connectivity index (χ3v) is 13.3. The predicted molar refractivity (Wildman–Crippen MR) is 271 cm³/mol. The summed E-state index contributed by atoms with van der Waals surface area (Å²) in [6.07, 6.45) is 34.5. The minimum atomic E-state index is -0.452.